The van der Waals surface area contributed by atoms with Crippen molar-refractivity contribution >= 4 is 11.8 Å². The van der Waals surface area contributed by atoms with Crippen molar-refractivity contribution in [3.05, 3.63) is 0 Å². The van der Waals surface area contributed by atoms with Crippen LogP contribution >= 0.6 is 0 Å². The molecule has 0 radical (unpaired) electrons. The lowest BCUT2D eigenvalue weighted by molar-refractivity contribution is -0.154. The number of nitrogens with one attached hydrogen (secondary N) is 1. The van der Waals surface area contributed by atoms with Gasteiger partial charge in [-0.1, -0.05) is 0 Å². The Balaban J connectivity index is 2.09. The van der Waals surface area contributed by atoms with Crippen LogP contribution in [-0.2, 0) is 14.3 Å². The number of amides is 2. The maximum absolute atomic E-state index is 12.8. The van der Waals surface area contributed by atoms with E-state index in [4.69, 9.17) is 4.74 Å². The van der Waals surface area contributed by atoms with Crippen molar-refractivity contribution < 1.29 is 14.3 Å². The molecule has 0 aromatic heterocycles. The minimum atomic E-state index is -0.448. The topological polar surface area (TPSA) is 61.9 Å². The van der Waals surface area contributed by atoms with Crippen molar-refractivity contribution in [1.82, 2.24) is 15.1 Å². The molecule has 6 nitrogen and oxygen atoms in total. The van der Waals surface area contributed by atoms with Crippen LogP contribution in [0.4, 0.5) is 0 Å². The van der Waals surface area contributed by atoms with E-state index in [2.05, 4.69) is 5.32 Å². The quantitative estimate of drug-likeness (QED) is 0.736. The predicted molar refractivity (Wildman–Crippen MR) is 70.6 cm³/mol. The number of piperazine rings is 1. The largest absolute Gasteiger partial charge is 0.384 e. The molecule has 19 heavy (non-hydrogen) atoms. The summed E-state index contributed by atoms with van der Waals surface area (Å²) in [5.74, 6) is 0.0957. The Bertz CT molecular complexity index is 348. The summed E-state index contributed by atoms with van der Waals surface area (Å²) in [5.41, 5.74) is -0.448. The van der Waals surface area contributed by atoms with Crippen LogP contribution in [0.15, 0.2) is 0 Å². The van der Waals surface area contributed by atoms with Gasteiger partial charge >= 0.3 is 0 Å². The van der Waals surface area contributed by atoms with Crippen LogP contribution in [0.2, 0.25) is 0 Å². The molecule has 0 unspecified atom stereocenters. The van der Waals surface area contributed by atoms with Gasteiger partial charge in [0.1, 0.15) is 0 Å². The number of piperidine rings is 1. The van der Waals surface area contributed by atoms with Crippen molar-refractivity contribution in [3.63, 3.8) is 0 Å². The normalized spacial score (nSPS) is 23.6. The van der Waals surface area contributed by atoms with E-state index in [0.717, 1.165) is 25.9 Å². The van der Waals surface area contributed by atoms with Gasteiger partial charge in [0.2, 0.25) is 11.8 Å². The molecule has 0 aromatic rings. The molecule has 0 atom stereocenters. The summed E-state index contributed by atoms with van der Waals surface area (Å²) in [5, 5.41) is 3.27. The molecular formula is C13H23N3O3. The maximum Gasteiger partial charge on any atom is 0.241 e. The Hall–Kier alpha value is -1.14. The SMILES string of the molecule is COCC1(C(=O)N2CCN(C)C(=O)C2)CCNCC1. The molecular weight excluding hydrogens is 246 g/mol. The number of nitrogens with zero attached hydrogens (tertiary/aromatic N) is 2. The molecule has 0 aliphatic carbocycles. The lowest BCUT2D eigenvalue weighted by Crippen LogP contribution is -2.57. The van der Waals surface area contributed by atoms with Gasteiger partial charge in [0.15, 0.2) is 0 Å². The third kappa shape index (κ3) is 2.90. The van der Waals surface area contributed by atoms with E-state index in [1.54, 1.807) is 24.0 Å². The van der Waals surface area contributed by atoms with Gasteiger partial charge in [-0.15, -0.1) is 0 Å². The van der Waals surface area contributed by atoms with Crippen molar-refractivity contribution in [1.29, 1.82) is 0 Å². The first kappa shape index (κ1) is 14.3. The van der Waals surface area contributed by atoms with Gasteiger partial charge in [0.25, 0.3) is 0 Å². The average molecular weight is 269 g/mol. The van der Waals surface area contributed by atoms with Gasteiger partial charge in [-0.2, -0.15) is 0 Å². The van der Waals surface area contributed by atoms with Crippen molar-refractivity contribution in [2.24, 2.45) is 5.41 Å². The van der Waals surface area contributed by atoms with E-state index >= 15 is 0 Å². The number of hydrogen-bond donors (Lipinski definition) is 1. The summed E-state index contributed by atoms with van der Waals surface area (Å²) in [6, 6.07) is 0. The monoisotopic (exact) mass is 269 g/mol. The molecule has 108 valence electrons. The molecule has 1 N–H and O–H groups in total. The molecule has 2 aliphatic rings. The number of likely N-dealkylation sites (N-methyl/N-ethyl adjacent to an activating group) is 1. The van der Waals surface area contributed by atoms with E-state index in [9.17, 15) is 9.59 Å². The van der Waals surface area contributed by atoms with E-state index in [1.165, 1.54) is 0 Å². The second-order valence-electron chi connectivity index (χ2n) is 5.51. The molecule has 0 saturated carbocycles. The van der Waals surface area contributed by atoms with Crippen molar-refractivity contribution in [2.45, 2.75) is 12.8 Å². The zero-order chi connectivity index (χ0) is 13.9. The van der Waals surface area contributed by atoms with Crippen LogP contribution in [-0.4, -0.2) is 75.1 Å². The zero-order valence-corrected chi connectivity index (χ0v) is 11.8. The Morgan fingerprint density at radius 3 is 2.63 bits per heavy atom. The predicted octanol–water partition coefficient (Wildman–Crippen LogP) is -0.697. The van der Waals surface area contributed by atoms with Gasteiger partial charge in [0.05, 0.1) is 18.6 Å². The van der Waals surface area contributed by atoms with E-state index in [1.807, 2.05) is 0 Å². The lowest BCUT2D eigenvalue weighted by Gasteiger charge is -2.41. The molecule has 2 saturated heterocycles. The van der Waals surface area contributed by atoms with Crippen LogP contribution in [0.5, 0.6) is 0 Å². The van der Waals surface area contributed by atoms with Gasteiger partial charge < -0.3 is 19.9 Å². The number of rotatable bonds is 3. The summed E-state index contributed by atoms with van der Waals surface area (Å²) < 4.78 is 5.27. The first-order chi connectivity index (χ1) is 9.09. The molecule has 2 amide bonds. The fraction of sp³-hybridized carbons (Fsp3) is 0.846. The van der Waals surface area contributed by atoms with E-state index in [0.29, 0.717) is 19.7 Å². The van der Waals surface area contributed by atoms with Gasteiger partial charge in [-0.3, -0.25) is 9.59 Å². The first-order valence-corrected chi connectivity index (χ1v) is 6.82. The average Bonchev–Trinajstić information content (AvgIpc) is 2.42. The maximum atomic E-state index is 12.8. The number of carbonyl (C=O) groups is 2. The minimum Gasteiger partial charge on any atom is -0.384 e. The second-order valence-corrected chi connectivity index (χ2v) is 5.51. The molecule has 2 fully saturated rings. The fourth-order valence-corrected chi connectivity index (χ4v) is 2.87. The molecule has 2 aliphatic heterocycles. The summed E-state index contributed by atoms with van der Waals surface area (Å²) in [6.45, 7) is 3.54. The van der Waals surface area contributed by atoms with Gasteiger partial charge in [-0.05, 0) is 25.9 Å². The first-order valence-electron chi connectivity index (χ1n) is 6.82. The summed E-state index contributed by atoms with van der Waals surface area (Å²) in [7, 11) is 3.41. The van der Waals surface area contributed by atoms with Crippen LogP contribution in [0.25, 0.3) is 0 Å². The fourth-order valence-electron chi connectivity index (χ4n) is 2.87. The summed E-state index contributed by atoms with van der Waals surface area (Å²) in [6.07, 6.45) is 1.56. The molecule has 0 bridgehead atoms. The number of methoxy groups -OCH3 is 1. The Morgan fingerprint density at radius 1 is 1.37 bits per heavy atom. The standard InChI is InChI=1S/C13H23N3O3/c1-15-7-8-16(9-11(15)17)12(18)13(10-19-2)3-5-14-6-4-13/h14H,3-10H2,1-2H3. The lowest BCUT2D eigenvalue weighted by atomic mass is 9.78. The highest BCUT2D eigenvalue weighted by Gasteiger charge is 2.43. The number of hydrogen-bond acceptors (Lipinski definition) is 4. The van der Waals surface area contributed by atoms with Crippen molar-refractivity contribution in [3.8, 4) is 0 Å². The summed E-state index contributed by atoms with van der Waals surface area (Å²) in [4.78, 5) is 27.9. The highest BCUT2D eigenvalue weighted by molar-refractivity contribution is 5.89. The molecule has 2 heterocycles. The summed E-state index contributed by atoms with van der Waals surface area (Å²) >= 11 is 0. The van der Waals surface area contributed by atoms with Crippen LogP contribution in [0.3, 0.4) is 0 Å². The number of carbonyl (C=O) groups excluding carboxylic acids is 2. The highest BCUT2D eigenvalue weighted by Crippen LogP contribution is 2.32. The molecule has 6 heteroatoms. The van der Waals surface area contributed by atoms with Crippen molar-refractivity contribution in [2.75, 3.05) is 53.5 Å². The zero-order valence-electron chi connectivity index (χ0n) is 11.8. The molecule has 2 rings (SSSR count). The highest BCUT2D eigenvalue weighted by atomic mass is 16.5. The van der Waals surface area contributed by atoms with Gasteiger partial charge in [-0.25, -0.2) is 0 Å². The van der Waals surface area contributed by atoms with Gasteiger partial charge in [0, 0.05) is 27.2 Å². The smallest absolute Gasteiger partial charge is 0.241 e. The Kier molecular flexibility index (Phi) is 4.42. The third-order valence-corrected chi connectivity index (χ3v) is 4.18. The Labute approximate surface area is 114 Å². The number of ether oxygens (including phenoxy) is 1. The second kappa shape index (κ2) is 5.88. The molecule has 0 aromatic carbocycles. The van der Waals surface area contributed by atoms with Crippen LogP contribution < -0.4 is 5.32 Å². The van der Waals surface area contributed by atoms with Crippen LogP contribution in [0.1, 0.15) is 12.8 Å². The van der Waals surface area contributed by atoms with E-state index in [-0.39, 0.29) is 18.4 Å². The minimum absolute atomic E-state index is 0.0149. The van der Waals surface area contributed by atoms with E-state index < -0.39 is 5.41 Å². The van der Waals surface area contributed by atoms with Crippen LogP contribution in [0, 0.1) is 5.41 Å². The molecule has 0 spiro atoms. The Morgan fingerprint density at radius 2 is 2.05 bits per heavy atom. The third-order valence-electron chi connectivity index (χ3n) is 4.18.